The molecule has 2 aromatic carbocycles. The van der Waals surface area contributed by atoms with Crippen LogP contribution in [0.4, 0.5) is 18.3 Å². The molecule has 1 heterocycles. The average molecular weight is 429 g/mol. The van der Waals surface area contributed by atoms with Gasteiger partial charge in [-0.05, 0) is 35.9 Å². The molecule has 0 atom stereocenters. The van der Waals surface area contributed by atoms with Crippen LogP contribution < -0.4 is 9.46 Å². The lowest BCUT2D eigenvalue weighted by Crippen LogP contribution is -2.12. The summed E-state index contributed by atoms with van der Waals surface area (Å²) in [6.45, 7) is 0. The van der Waals surface area contributed by atoms with Gasteiger partial charge in [0.05, 0.1) is 17.6 Å². The van der Waals surface area contributed by atoms with E-state index in [9.17, 15) is 21.6 Å². The summed E-state index contributed by atoms with van der Waals surface area (Å²) in [5.41, 5.74) is -0.356. The molecule has 0 radical (unpaired) electrons. The Labute approximate surface area is 163 Å². The predicted molar refractivity (Wildman–Crippen MR) is 98.0 cm³/mol. The molecule has 28 heavy (non-hydrogen) atoms. The van der Waals surface area contributed by atoms with E-state index < -0.39 is 21.8 Å². The normalized spacial score (nSPS) is 12.0. The van der Waals surface area contributed by atoms with Gasteiger partial charge in [-0.15, -0.1) is 10.2 Å². The van der Waals surface area contributed by atoms with E-state index in [0.717, 1.165) is 23.5 Å². The number of halogens is 3. The maximum absolute atomic E-state index is 12.8. The summed E-state index contributed by atoms with van der Waals surface area (Å²) in [6.07, 6.45) is -4.33. The number of aromatic nitrogens is 2. The third-order valence-electron chi connectivity index (χ3n) is 3.67. The molecule has 0 bridgehead atoms. The van der Waals surface area contributed by atoms with E-state index in [1.54, 1.807) is 0 Å². The van der Waals surface area contributed by atoms with Crippen molar-refractivity contribution in [2.75, 3.05) is 11.8 Å². The first kappa shape index (κ1) is 20.1. The van der Waals surface area contributed by atoms with Crippen molar-refractivity contribution in [3.05, 3.63) is 64.7 Å². The van der Waals surface area contributed by atoms with Gasteiger partial charge in [0.2, 0.25) is 5.13 Å². The fourth-order valence-electron chi connectivity index (χ4n) is 2.33. The second-order valence-electron chi connectivity index (χ2n) is 5.66. The first-order valence-electron chi connectivity index (χ1n) is 7.83. The van der Waals surface area contributed by atoms with Gasteiger partial charge in [0.1, 0.15) is 10.8 Å². The van der Waals surface area contributed by atoms with Gasteiger partial charge in [-0.1, -0.05) is 29.5 Å². The molecule has 0 aliphatic carbocycles. The Morgan fingerprint density at radius 3 is 2.46 bits per heavy atom. The molecule has 0 aliphatic heterocycles. The van der Waals surface area contributed by atoms with Gasteiger partial charge < -0.3 is 4.74 Å². The van der Waals surface area contributed by atoms with Crippen LogP contribution >= 0.6 is 11.3 Å². The third kappa shape index (κ3) is 4.78. The van der Waals surface area contributed by atoms with Gasteiger partial charge in [-0.3, -0.25) is 4.72 Å². The molecule has 6 nitrogen and oxygen atoms in total. The molecule has 1 aromatic heterocycles. The van der Waals surface area contributed by atoms with Crippen LogP contribution in [0.2, 0.25) is 0 Å². The maximum Gasteiger partial charge on any atom is 0.416 e. The molecule has 0 fully saturated rings. The lowest BCUT2D eigenvalue weighted by Gasteiger charge is -2.07. The number of ether oxygens (including phenoxy) is 1. The van der Waals surface area contributed by atoms with Crippen molar-refractivity contribution >= 4 is 26.5 Å². The summed E-state index contributed by atoms with van der Waals surface area (Å²) >= 11 is 0.952. The number of benzene rings is 2. The number of nitrogens with zero attached hydrogens (tertiary/aromatic N) is 2. The van der Waals surface area contributed by atoms with E-state index in [0.29, 0.717) is 16.3 Å². The van der Waals surface area contributed by atoms with Crippen molar-refractivity contribution in [1.82, 2.24) is 10.2 Å². The van der Waals surface area contributed by atoms with Crippen LogP contribution in [0.15, 0.2) is 53.4 Å². The molecular weight excluding hydrogens is 415 g/mol. The second-order valence-corrected chi connectivity index (χ2v) is 8.40. The van der Waals surface area contributed by atoms with Crippen molar-refractivity contribution in [2.24, 2.45) is 0 Å². The van der Waals surface area contributed by atoms with Crippen LogP contribution in [0.1, 0.15) is 16.1 Å². The van der Waals surface area contributed by atoms with Gasteiger partial charge in [0.25, 0.3) is 10.0 Å². The van der Waals surface area contributed by atoms with E-state index in [2.05, 4.69) is 14.9 Å². The summed E-state index contributed by atoms with van der Waals surface area (Å²) < 4.78 is 70.5. The standard InChI is InChI=1S/C17H14F3N3O3S2/c1-26-13-5-7-14(8-6-13)28(24,25)23-16-22-21-15(27-16)10-11-3-2-4-12(9-11)17(18,19)20/h2-9H,10H2,1H3,(H,22,23). The molecule has 11 heteroatoms. The average Bonchev–Trinajstić information content (AvgIpc) is 3.07. The van der Waals surface area contributed by atoms with E-state index in [4.69, 9.17) is 4.74 Å². The maximum atomic E-state index is 12.8. The largest absolute Gasteiger partial charge is 0.497 e. The molecule has 0 saturated heterocycles. The zero-order valence-corrected chi connectivity index (χ0v) is 16.0. The number of rotatable bonds is 6. The SMILES string of the molecule is COc1ccc(S(=O)(=O)Nc2nnc(Cc3cccc(C(F)(F)F)c3)s2)cc1. The summed E-state index contributed by atoms with van der Waals surface area (Å²) in [7, 11) is -2.40. The van der Waals surface area contributed by atoms with Crippen LogP contribution in [0.5, 0.6) is 5.75 Å². The minimum atomic E-state index is -4.43. The number of hydrogen-bond donors (Lipinski definition) is 1. The zero-order valence-electron chi connectivity index (χ0n) is 14.4. The molecule has 1 N–H and O–H groups in total. The lowest BCUT2D eigenvalue weighted by atomic mass is 10.1. The fraction of sp³-hybridized carbons (Fsp3) is 0.176. The van der Waals surface area contributed by atoms with Crippen LogP contribution in [-0.2, 0) is 22.6 Å². The molecule has 0 unspecified atom stereocenters. The van der Waals surface area contributed by atoms with Crippen molar-refractivity contribution < 1.29 is 26.3 Å². The zero-order chi connectivity index (χ0) is 20.4. The van der Waals surface area contributed by atoms with E-state index in [1.807, 2.05) is 0 Å². The molecule has 148 valence electrons. The minimum Gasteiger partial charge on any atom is -0.497 e. The number of anilines is 1. The summed E-state index contributed by atoms with van der Waals surface area (Å²) in [5.74, 6) is 0.512. The summed E-state index contributed by atoms with van der Waals surface area (Å²) in [4.78, 5) is 0.0166. The van der Waals surface area contributed by atoms with Crippen LogP contribution in [0.3, 0.4) is 0 Å². The van der Waals surface area contributed by atoms with Crippen molar-refractivity contribution in [1.29, 1.82) is 0 Å². The van der Waals surface area contributed by atoms with Gasteiger partial charge in [0, 0.05) is 6.42 Å². The summed E-state index contributed by atoms with van der Waals surface area (Å²) in [6, 6.07) is 10.6. The van der Waals surface area contributed by atoms with Crippen LogP contribution in [0, 0.1) is 0 Å². The quantitative estimate of drug-likeness (QED) is 0.642. The van der Waals surface area contributed by atoms with Crippen molar-refractivity contribution in [2.45, 2.75) is 17.5 Å². The summed E-state index contributed by atoms with van der Waals surface area (Å²) in [5, 5.41) is 8.02. The number of sulfonamides is 1. The van der Waals surface area contributed by atoms with Gasteiger partial charge in [0.15, 0.2) is 0 Å². The number of methoxy groups -OCH3 is 1. The van der Waals surface area contributed by atoms with E-state index in [1.165, 1.54) is 43.5 Å². The molecule has 0 aliphatic rings. The second kappa shape index (κ2) is 7.76. The monoisotopic (exact) mass is 429 g/mol. The Morgan fingerprint density at radius 1 is 1.11 bits per heavy atom. The number of alkyl halides is 3. The minimum absolute atomic E-state index is 0.0166. The highest BCUT2D eigenvalue weighted by Gasteiger charge is 2.30. The van der Waals surface area contributed by atoms with Crippen molar-refractivity contribution in [3.63, 3.8) is 0 Å². The highest BCUT2D eigenvalue weighted by molar-refractivity contribution is 7.93. The smallest absolute Gasteiger partial charge is 0.416 e. The Balaban J connectivity index is 1.73. The van der Waals surface area contributed by atoms with Crippen LogP contribution in [0.25, 0.3) is 0 Å². The molecule has 0 spiro atoms. The Kier molecular flexibility index (Phi) is 5.57. The first-order chi connectivity index (χ1) is 13.2. The molecule has 3 aromatic rings. The Bertz CT molecular complexity index is 1060. The third-order valence-corrected chi connectivity index (χ3v) is 5.99. The molecular formula is C17H14F3N3O3S2. The lowest BCUT2D eigenvalue weighted by molar-refractivity contribution is -0.137. The van der Waals surface area contributed by atoms with Crippen molar-refractivity contribution in [3.8, 4) is 5.75 Å². The highest BCUT2D eigenvalue weighted by Crippen LogP contribution is 2.30. The van der Waals surface area contributed by atoms with Crippen LogP contribution in [-0.4, -0.2) is 25.7 Å². The predicted octanol–water partition coefficient (Wildman–Crippen LogP) is 3.96. The molecule has 0 amide bonds. The topological polar surface area (TPSA) is 81.2 Å². The Morgan fingerprint density at radius 2 is 1.82 bits per heavy atom. The van der Waals surface area contributed by atoms with E-state index in [-0.39, 0.29) is 16.4 Å². The van der Waals surface area contributed by atoms with Gasteiger partial charge in [-0.2, -0.15) is 13.2 Å². The fourth-order valence-corrected chi connectivity index (χ4v) is 4.33. The number of nitrogens with one attached hydrogen (secondary N) is 1. The highest BCUT2D eigenvalue weighted by atomic mass is 32.2. The number of hydrogen-bond acceptors (Lipinski definition) is 6. The van der Waals surface area contributed by atoms with Gasteiger partial charge >= 0.3 is 6.18 Å². The molecule has 0 saturated carbocycles. The molecule has 3 rings (SSSR count). The first-order valence-corrected chi connectivity index (χ1v) is 10.1. The Hall–Kier alpha value is -2.66. The van der Waals surface area contributed by atoms with Gasteiger partial charge in [-0.25, -0.2) is 8.42 Å². The van der Waals surface area contributed by atoms with E-state index >= 15 is 0 Å².